The van der Waals surface area contributed by atoms with Crippen LogP contribution in [0, 0.1) is 17.2 Å². The first kappa shape index (κ1) is 25.5. The highest BCUT2D eigenvalue weighted by Gasteiger charge is 2.47. The highest BCUT2D eigenvalue weighted by molar-refractivity contribution is 5.78. The van der Waals surface area contributed by atoms with Crippen molar-refractivity contribution in [3.05, 3.63) is 72.3 Å². The molecule has 1 aromatic carbocycles. The normalized spacial score (nSPS) is 14.9. The number of aromatic nitrogens is 4. The average molecular weight is 500 g/mol. The van der Waals surface area contributed by atoms with Gasteiger partial charge in [-0.05, 0) is 31.2 Å². The molecule has 1 aliphatic rings. The maximum Gasteiger partial charge on any atom is 0.259 e. The van der Waals surface area contributed by atoms with Gasteiger partial charge in [-0.3, -0.25) is 4.79 Å². The van der Waals surface area contributed by atoms with E-state index in [4.69, 9.17) is 21.1 Å². The van der Waals surface area contributed by atoms with Gasteiger partial charge in [0.25, 0.3) is 5.89 Å². The van der Waals surface area contributed by atoms with Crippen molar-refractivity contribution in [2.75, 3.05) is 26.4 Å². The summed E-state index contributed by atoms with van der Waals surface area (Å²) in [6.45, 7) is 5.91. The molecule has 4 rings (SSSR count). The molecule has 3 aromatic rings. The summed E-state index contributed by atoms with van der Waals surface area (Å²) in [6, 6.07) is 9.83. The number of rotatable bonds is 9. The van der Waals surface area contributed by atoms with E-state index in [0.717, 1.165) is 24.0 Å². The minimum atomic E-state index is -0.499. The Hall–Kier alpha value is -4.56. The smallest absolute Gasteiger partial charge is 0.259 e. The van der Waals surface area contributed by atoms with E-state index in [0.29, 0.717) is 23.0 Å². The number of nitrogens with two attached hydrogens (primary N) is 2. The number of hydrazine groups is 1. The molecule has 2 aromatic heterocycles. The lowest BCUT2D eigenvalue weighted by Gasteiger charge is -2.27. The van der Waals surface area contributed by atoms with Gasteiger partial charge < -0.3 is 20.2 Å². The fraction of sp³-hybridized carbons (Fsp3) is 0.308. The number of nitriles is 1. The zero-order chi connectivity index (χ0) is 26.7. The first-order chi connectivity index (χ1) is 17.7. The van der Waals surface area contributed by atoms with Crippen LogP contribution >= 0.6 is 0 Å². The number of amides is 1. The van der Waals surface area contributed by atoms with Crippen molar-refractivity contribution in [1.82, 2.24) is 30.0 Å². The summed E-state index contributed by atoms with van der Waals surface area (Å²) in [7, 11) is 3.32. The topological polar surface area (TPSA) is 164 Å². The fourth-order valence-corrected chi connectivity index (χ4v) is 4.14. The Labute approximate surface area is 215 Å². The molecule has 11 heteroatoms. The van der Waals surface area contributed by atoms with Gasteiger partial charge in [0, 0.05) is 25.9 Å². The molecule has 1 unspecified atom stereocenters. The maximum absolute atomic E-state index is 12.0. The quantitative estimate of drug-likeness (QED) is 0.254. The molecule has 2 heterocycles. The number of benzene rings is 1. The van der Waals surface area contributed by atoms with E-state index in [1.807, 2.05) is 30.3 Å². The first-order valence-corrected chi connectivity index (χ1v) is 11.7. The van der Waals surface area contributed by atoms with Crippen molar-refractivity contribution in [3.8, 4) is 17.3 Å². The zero-order valence-corrected chi connectivity index (χ0v) is 21.0. The summed E-state index contributed by atoms with van der Waals surface area (Å²) in [5.74, 6) is 7.19. The van der Waals surface area contributed by atoms with Gasteiger partial charge in [-0.2, -0.15) is 10.2 Å². The number of nitrogens with zero attached hydrogens (tertiary/aromatic N) is 7. The molecule has 190 valence electrons. The van der Waals surface area contributed by atoms with Gasteiger partial charge in [0.05, 0.1) is 17.2 Å². The van der Waals surface area contributed by atoms with Crippen molar-refractivity contribution in [2.24, 2.45) is 11.8 Å². The molecule has 0 radical (unpaired) electrons. The van der Waals surface area contributed by atoms with Gasteiger partial charge >= 0.3 is 0 Å². The number of likely N-dealkylation sites (N-methyl/N-ethyl adjacent to an activating group) is 1. The second-order valence-corrected chi connectivity index (χ2v) is 9.33. The number of carbonyl (C=O) groups excluding carboxylic acids is 1. The van der Waals surface area contributed by atoms with Gasteiger partial charge in [0.1, 0.15) is 24.1 Å². The Morgan fingerprint density at radius 1 is 1.30 bits per heavy atom. The molecule has 1 saturated carbocycles. The van der Waals surface area contributed by atoms with Crippen LogP contribution in [0.15, 0.2) is 53.8 Å². The molecule has 0 saturated heterocycles. The predicted octanol–water partition coefficient (Wildman–Crippen LogP) is 2.49. The molecule has 1 fully saturated rings. The third-order valence-electron chi connectivity index (χ3n) is 6.53. The van der Waals surface area contributed by atoms with Gasteiger partial charge in [-0.1, -0.05) is 42.1 Å². The van der Waals surface area contributed by atoms with Crippen LogP contribution in [0.4, 0.5) is 5.82 Å². The Kier molecular flexibility index (Phi) is 7.04. The van der Waals surface area contributed by atoms with E-state index in [2.05, 4.69) is 28.6 Å². The van der Waals surface area contributed by atoms with Crippen LogP contribution in [0.5, 0.6) is 0 Å². The number of nitrogen functional groups attached to an aromatic ring is 1. The van der Waals surface area contributed by atoms with Crippen molar-refractivity contribution in [1.29, 1.82) is 5.26 Å². The summed E-state index contributed by atoms with van der Waals surface area (Å²) in [4.78, 5) is 26.5. The lowest BCUT2D eigenvalue weighted by molar-refractivity contribution is -0.129. The molecule has 0 bridgehead atoms. The first-order valence-electron chi connectivity index (χ1n) is 11.7. The van der Waals surface area contributed by atoms with Crippen LogP contribution in [0.2, 0.25) is 0 Å². The van der Waals surface area contributed by atoms with E-state index in [1.54, 1.807) is 26.4 Å². The number of allylic oxidation sites excluding steroid dienone is 2. The fourth-order valence-electron chi connectivity index (χ4n) is 4.14. The summed E-state index contributed by atoms with van der Waals surface area (Å²) in [6.07, 6.45) is 6.62. The minimum absolute atomic E-state index is 0.0105. The van der Waals surface area contributed by atoms with E-state index >= 15 is 0 Å². The predicted molar refractivity (Wildman–Crippen MR) is 138 cm³/mol. The number of hydrogen-bond donors (Lipinski definition) is 2. The molecule has 1 amide bonds. The SMILES string of the molecule is C=C/C(=C\N(N)CC(=O)N(C)C)c1nc(C(C)(c2ccc(-c3ncc(N)nc3C#N)cc2)C2CC2)no1. The molecule has 0 spiro atoms. The van der Waals surface area contributed by atoms with E-state index in [-0.39, 0.29) is 29.9 Å². The van der Waals surface area contributed by atoms with Gasteiger partial charge in [0.2, 0.25) is 5.91 Å². The highest BCUT2D eigenvalue weighted by Crippen LogP contribution is 2.50. The Morgan fingerprint density at radius 3 is 2.59 bits per heavy atom. The second kappa shape index (κ2) is 10.2. The Balaban J connectivity index is 1.64. The molecular weight excluding hydrogens is 470 g/mol. The maximum atomic E-state index is 12.0. The lowest BCUT2D eigenvalue weighted by atomic mass is 9.77. The largest absolute Gasteiger partial charge is 0.382 e. The average Bonchev–Trinajstić information content (AvgIpc) is 3.63. The van der Waals surface area contributed by atoms with Crippen LogP contribution in [0.25, 0.3) is 16.8 Å². The van der Waals surface area contributed by atoms with Crippen molar-refractivity contribution in [3.63, 3.8) is 0 Å². The van der Waals surface area contributed by atoms with Crippen LogP contribution in [0.3, 0.4) is 0 Å². The Bertz CT molecular complexity index is 1380. The second-order valence-electron chi connectivity index (χ2n) is 9.33. The summed E-state index contributed by atoms with van der Waals surface area (Å²) in [5.41, 5.74) is 8.09. The Morgan fingerprint density at radius 2 is 2.00 bits per heavy atom. The van der Waals surface area contributed by atoms with E-state index < -0.39 is 5.41 Å². The summed E-state index contributed by atoms with van der Waals surface area (Å²) < 4.78 is 5.61. The molecule has 1 atom stereocenters. The molecule has 4 N–H and O–H groups in total. The highest BCUT2D eigenvalue weighted by atomic mass is 16.5. The number of carbonyl (C=O) groups is 1. The lowest BCUT2D eigenvalue weighted by Crippen LogP contribution is -2.37. The van der Waals surface area contributed by atoms with Gasteiger partial charge in [-0.25, -0.2) is 15.8 Å². The third kappa shape index (κ3) is 5.19. The van der Waals surface area contributed by atoms with E-state index in [1.165, 1.54) is 16.1 Å². The van der Waals surface area contributed by atoms with Crippen LogP contribution in [-0.4, -0.2) is 56.6 Å². The van der Waals surface area contributed by atoms with Crippen molar-refractivity contribution >= 4 is 17.3 Å². The molecule has 11 nitrogen and oxygen atoms in total. The number of anilines is 1. The minimum Gasteiger partial charge on any atom is -0.382 e. The van der Waals surface area contributed by atoms with Gasteiger partial charge in [-0.15, -0.1) is 0 Å². The van der Waals surface area contributed by atoms with E-state index in [9.17, 15) is 10.1 Å². The summed E-state index contributed by atoms with van der Waals surface area (Å²) >= 11 is 0. The van der Waals surface area contributed by atoms with Crippen LogP contribution in [0.1, 0.15) is 42.7 Å². The zero-order valence-electron chi connectivity index (χ0n) is 21.0. The van der Waals surface area contributed by atoms with Crippen LogP contribution < -0.4 is 11.6 Å². The molecular formula is C26H29N9O2. The van der Waals surface area contributed by atoms with Crippen LogP contribution in [-0.2, 0) is 10.2 Å². The van der Waals surface area contributed by atoms with Crippen molar-refractivity contribution < 1.29 is 9.32 Å². The van der Waals surface area contributed by atoms with Gasteiger partial charge in [0.15, 0.2) is 11.5 Å². The summed E-state index contributed by atoms with van der Waals surface area (Å²) in [5, 5.41) is 15.0. The third-order valence-corrected chi connectivity index (χ3v) is 6.53. The standard InChI is InChI=1S/C26H29N9O2/c1-5-16(14-35(29)15-22(36)34(3)4)24-32-25(33-37-24)26(2,19-10-11-19)18-8-6-17(7-9-18)23-20(12-27)31-21(28)13-30-23/h5-9,13-14,19H,1,10-11,15,29H2,2-4H3,(H2,28,31)/b16-14+. The molecule has 0 aliphatic heterocycles. The monoisotopic (exact) mass is 499 g/mol. The molecule has 37 heavy (non-hydrogen) atoms. The number of hydrogen-bond acceptors (Lipinski definition) is 10. The van der Waals surface area contributed by atoms with Crippen molar-refractivity contribution in [2.45, 2.75) is 25.2 Å². The molecule has 1 aliphatic carbocycles.